The van der Waals surface area contributed by atoms with Crippen molar-refractivity contribution in [2.75, 3.05) is 13.2 Å². The number of ether oxygens (including phenoxy) is 1. The lowest BCUT2D eigenvalue weighted by molar-refractivity contribution is -0.124. The molecule has 3 heterocycles. The Hall–Kier alpha value is -2.18. The molecule has 0 aliphatic carbocycles. The maximum absolute atomic E-state index is 12.9. The van der Waals surface area contributed by atoms with Crippen LogP contribution in [-0.4, -0.2) is 35.1 Å². The average Bonchev–Trinajstić information content (AvgIpc) is 3.12. The van der Waals surface area contributed by atoms with E-state index < -0.39 is 0 Å². The number of imidazole rings is 1. The third-order valence-corrected chi connectivity index (χ3v) is 5.65. The van der Waals surface area contributed by atoms with Crippen LogP contribution in [0.15, 0.2) is 24.5 Å². The van der Waals surface area contributed by atoms with Gasteiger partial charge in [0.2, 0.25) is 5.91 Å². The van der Waals surface area contributed by atoms with Crippen molar-refractivity contribution in [1.82, 2.24) is 20.6 Å². The van der Waals surface area contributed by atoms with Gasteiger partial charge in [-0.25, -0.2) is 4.98 Å². The van der Waals surface area contributed by atoms with E-state index >= 15 is 0 Å². The van der Waals surface area contributed by atoms with Crippen LogP contribution in [0.2, 0.25) is 0 Å². The second-order valence-corrected chi connectivity index (χ2v) is 7.47. The quantitative estimate of drug-likeness (QED) is 0.786. The molecule has 1 aromatic heterocycles. The van der Waals surface area contributed by atoms with Crippen LogP contribution in [0.4, 0.5) is 0 Å². The molecule has 26 heavy (non-hydrogen) atoms. The predicted molar refractivity (Wildman–Crippen MR) is 98.7 cm³/mol. The minimum Gasteiger partial charge on any atom is -0.381 e. The average molecular weight is 354 g/mol. The Morgan fingerprint density at radius 3 is 2.96 bits per heavy atom. The maximum Gasteiger partial charge on any atom is 0.237 e. The summed E-state index contributed by atoms with van der Waals surface area (Å²) in [4.78, 5) is 20.7. The number of nitrogens with zero attached hydrogens (tertiary/aromatic N) is 1. The molecule has 0 unspecified atom stereocenters. The molecule has 1 saturated heterocycles. The number of rotatable bonds is 3. The lowest BCUT2D eigenvalue weighted by Gasteiger charge is -2.43. The number of nitrogens with one attached hydrogen (secondary N) is 3. The molecule has 138 valence electrons. The number of aromatic nitrogens is 2. The summed E-state index contributed by atoms with van der Waals surface area (Å²) in [6.07, 6.45) is 4.05. The van der Waals surface area contributed by atoms with Gasteiger partial charge in [-0.1, -0.05) is 23.8 Å². The van der Waals surface area contributed by atoms with E-state index in [0.717, 1.165) is 29.8 Å². The Balaban J connectivity index is 1.49. The van der Waals surface area contributed by atoms with Crippen LogP contribution in [0.5, 0.6) is 0 Å². The first-order valence-electron chi connectivity index (χ1n) is 9.29. The molecule has 0 bridgehead atoms. The number of hydrogen-bond acceptors (Lipinski definition) is 4. The van der Waals surface area contributed by atoms with E-state index in [1.54, 1.807) is 6.33 Å². The predicted octanol–water partition coefficient (Wildman–Crippen LogP) is 1.86. The van der Waals surface area contributed by atoms with E-state index in [4.69, 9.17) is 4.74 Å². The highest BCUT2D eigenvalue weighted by molar-refractivity contribution is 5.82. The van der Waals surface area contributed by atoms with Gasteiger partial charge in [-0.2, -0.15) is 0 Å². The fraction of sp³-hybridized carbons (Fsp3) is 0.500. The van der Waals surface area contributed by atoms with Crippen LogP contribution in [0.3, 0.4) is 0 Å². The molecule has 1 atom stereocenters. The summed E-state index contributed by atoms with van der Waals surface area (Å²) in [6, 6.07) is 6.07. The van der Waals surface area contributed by atoms with E-state index in [1.807, 2.05) is 0 Å². The molecular formula is C20H26N4O2. The minimum atomic E-state index is -0.258. The summed E-state index contributed by atoms with van der Waals surface area (Å²) in [5.41, 5.74) is 5.44. The number of amides is 1. The first kappa shape index (κ1) is 17.2. The molecular weight excluding hydrogens is 328 g/mol. The van der Waals surface area contributed by atoms with Crippen molar-refractivity contribution in [3.63, 3.8) is 0 Å². The van der Waals surface area contributed by atoms with Crippen LogP contribution < -0.4 is 10.6 Å². The number of aromatic amines is 1. The van der Waals surface area contributed by atoms with Crippen LogP contribution in [0.25, 0.3) is 0 Å². The number of H-pyrrole nitrogens is 1. The molecule has 6 heteroatoms. The summed E-state index contributed by atoms with van der Waals surface area (Å²) in [7, 11) is 0. The minimum absolute atomic E-state index is 0.0389. The molecule has 6 nitrogen and oxygen atoms in total. The van der Waals surface area contributed by atoms with Gasteiger partial charge in [0.1, 0.15) is 0 Å². The van der Waals surface area contributed by atoms with E-state index in [9.17, 15) is 4.79 Å². The Morgan fingerprint density at radius 2 is 2.15 bits per heavy atom. The van der Waals surface area contributed by atoms with Gasteiger partial charge in [-0.05, 0) is 37.8 Å². The van der Waals surface area contributed by atoms with Crippen LogP contribution >= 0.6 is 0 Å². The summed E-state index contributed by atoms with van der Waals surface area (Å²) in [5.74, 6) is 0.0389. The number of carbonyl (C=O) groups excluding carboxylic acids is 1. The highest BCUT2D eigenvalue weighted by Crippen LogP contribution is 2.36. The second-order valence-electron chi connectivity index (χ2n) is 7.47. The molecule has 1 aromatic carbocycles. The summed E-state index contributed by atoms with van der Waals surface area (Å²) < 4.78 is 5.54. The van der Waals surface area contributed by atoms with Gasteiger partial charge in [0.05, 0.1) is 23.6 Å². The second kappa shape index (κ2) is 6.85. The zero-order valence-corrected chi connectivity index (χ0v) is 15.4. The molecule has 4 rings (SSSR count). The van der Waals surface area contributed by atoms with Gasteiger partial charge < -0.3 is 15.0 Å². The molecule has 0 radical (unpaired) electrons. The van der Waals surface area contributed by atoms with Gasteiger partial charge in [-0.3, -0.25) is 10.1 Å². The maximum atomic E-state index is 12.9. The highest BCUT2D eigenvalue weighted by atomic mass is 16.5. The number of aryl methyl sites for hydroxylation is 2. The van der Waals surface area contributed by atoms with Crippen LogP contribution in [0.1, 0.15) is 40.9 Å². The largest absolute Gasteiger partial charge is 0.381 e. The van der Waals surface area contributed by atoms with Crippen molar-refractivity contribution in [3.05, 3.63) is 52.6 Å². The number of carbonyl (C=O) groups is 1. The molecule has 1 spiro atoms. The van der Waals surface area contributed by atoms with Crippen molar-refractivity contribution in [1.29, 1.82) is 0 Å². The Morgan fingerprint density at radius 1 is 1.35 bits per heavy atom. The Kier molecular flexibility index (Phi) is 4.54. The van der Waals surface area contributed by atoms with Crippen LogP contribution in [-0.2, 0) is 28.0 Å². The fourth-order valence-electron chi connectivity index (χ4n) is 4.10. The van der Waals surface area contributed by atoms with Crippen molar-refractivity contribution in [3.8, 4) is 0 Å². The molecule has 1 fully saturated rings. The lowest BCUT2D eigenvalue weighted by atomic mass is 9.80. The highest BCUT2D eigenvalue weighted by Gasteiger charge is 2.44. The SMILES string of the molecule is Cc1ccc(C)c(CNC(=O)[C@@H]2Cc3[nH]cnc3C3(CCOCC3)N2)c1. The third-order valence-electron chi connectivity index (χ3n) is 5.65. The monoisotopic (exact) mass is 354 g/mol. The zero-order chi connectivity index (χ0) is 18.1. The lowest BCUT2D eigenvalue weighted by Crippen LogP contribution is -2.59. The molecule has 2 aliphatic rings. The zero-order valence-electron chi connectivity index (χ0n) is 15.4. The summed E-state index contributed by atoms with van der Waals surface area (Å²) >= 11 is 0. The van der Waals surface area contributed by atoms with Gasteiger partial charge in [0, 0.05) is 31.9 Å². The molecule has 0 saturated carbocycles. The van der Waals surface area contributed by atoms with E-state index in [2.05, 4.69) is 52.6 Å². The number of hydrogen-bond donors (Lipinski definition) is 3. The third kappa shape index (κ3) is 3.15. The molecule has 2 aromatic rings. The number of benzene rings is 1. The summed E-state index contributed by atoms with van der Waals surface area (Å²) in [5, 5.41) is 6.71. The summed E-state index contributed by atoms with van der Waals surface area (Å²) in [6.45, 7) is 6.08. The van der Waals surface area contributed by atoms with Gasteiger partial charge in [0.15, 0.2) is 0 Å². The molecule has 3 N–H and O–H groups in total. The standard InChI is InChI=1S/C20H26N4O2/c1-13-3-4-14(2)15(9-13)11-21-19(25)17-10-16-18(23-12-22-16)20(24-17)5-7-26-8-6-20/h3-4,9,12,17,24H,5-8,10-11H2,1-2H3,(H,21,25)(H,22,23)/t17-/m0/s1. The van der Waals surface area contributed by atoms with E-state index in [0.29, 0.717) is 26.2 Å². The smallest absolute Gasteiger partial charge is 0.237 e. The molecule has 1 amide bonds. The first-order valence-corrected chi connectivity index (χ1v) is 9.29. The van der Waals surface area contributed by atoms with Gasteiger partial charge in [0.25, 0.3) is 0 Å². The van der Waals surface area contributed by atoms with Gasteiger partial charge >= 0.3 is 0 Å². The van der Waals surface area contributed by atoms with E-state index in [1.165, 1.54) is 11.1 Å². The van der Waals surface area contributed by atoms with Gasteiger partial charge in [-0.15, -0.1) is 0 Å². The Labute approximate surface area is 153 Å². The Bertz CT molecular complexity index is 808. The normalized spacial score (nSPS) is 21.4. The van der Waals surface area contributed by atoms with Crippen molar-refractivity contribution >= 4 is 5.91 Å². The number of fused-ring (bicyclic) bond motifs is 2. The fourth-order valence-corrected chi connectivity index (χ4v) is 4.10. The van der Waals surface area contributed by atoms with Crippen LogP contribution in [0, 0.1) is 13.8 Å². The first-order chi connectivity index (χ1) is 12.6. The molecule has 2 aliphatic heterocycles. The van der Waals surface area contributed by atoms with E-state index in [-0.39, 0.29) is 17.5 Å². The van der Waals surface area contributed by atoms with Crippen molar-refractivity contribution in [2.24, 2.45) is 0 Å². The van der Waals surface area contributed by atoms with Crippen molar-refractivity contribution in [2.45, 2.75) is 51.2 Å². The topological polar surface area (TPSA) is 79.0 Å². The van der Waals surface area contributed by atoms with Crippen molar-refractivity contribution < 1.29 is 9.53 Å².